The molecule has 2 aromatic carbocycles. The number of carbonyl (C=O) groups is 1. The fourth-order valence-corrected chi connectivity index (χ4v) is 3.00. The first-order valence-corrected chi connectivity index (χ1v) is 7.59. The lowest BCUT2D eigenvalue weighted by Crippen LogP contribution is -2.40. The van der Waals surface area contributed by atoms with Crippen molar-refractivity contribution in [2.75, 3.05) is 4.90 Å². The summed E-state index contributed by atoms with van der Waals surface area (Å²) in [4.78, 5) is 24.9. The van der Waals surface area contributed by atoms with Crippen LogP contribution in [0.1, 0.15) is 17.5 Å². The van der Waals surface area contributed by atoms with Crippen LogP contribution >= 0.6 is 0 Å². The maximum absolute atomic E-state index is 12.7. The maximum atomic E-state index is 12.7. The Labute approximate surface area is 139 Å². The summed E-state index contributed by atoms with van der Waals surface area (Å²) < 4.78 is 0. The summed E-state index contributed by atoms with van der Waals surface area (Å²) in [6.07, 6.45) is 0.459. The molecular formula is C18H15N3O3. The van der Waals surface area contributed by atoms with E-state index in [0.29, 0.717) is 18.7 Å². The SMILES string of the molecule is N#CCC1Cc2cc([N+](=O)[O-])ccc2N(Cc2ccccc2)C1=O. The summed E-state index contributed by atoms with van der Waals surface area (Å²) in [5, 5.41) is 20.0. The predicted molar refractivity (Wildman–Crippen MR) is 88.2 cm³/mol. The van der Waals surface area contributed by atoms with Gasteiger partial charge >= 0.3 is 0 Å². The number of nitriles is 1. The molecule has 120 valence electrons. The normalized spacial score (nSPS) is 16.4. The van der Waals surface area contributed by atoms with Crippen molar-refractivity contribution in [2.24, 2.45) is 5.92 Å². The lowest BCUT2D eigenvalue weighted by atomic mass is 9.89. The number of hydrogen-bond acceptors (Lipinski definition) is 4. The molecule has 0 fully saturated rings. The molecule has 0 saturated heterocycles. The Balaban J connectivity index is 2.01. The molecule has 0 saturated carbocycles. The molecule has 6 heteroatoms. The number of nitro benzene ring substituents is 1. The molecule has 0 N–H and O–H groups in total. The van der Waals surface area contributed by atoms with Crippen LogP contribution in [-0.2, 0) is 17.8 Å². The molecule has 6 nitrogen and oxygen atoms in total. The van der Waals surface area contributed by atoms with Crippen molar-refractivity contribution in [1.82, 2.24) is 0 Å². The van der Waals surface area contributed by atoms with E-state index in [0.717, 1.165) is 11.1 Å². The zero-order valence-corrected chi connectivity index (χ0v) is 12.9. The predicted octanol–water partition coefficient (Wildman–Crippen LogP) is 3.21. The van der Waals surface area contributed by atoms with Crippen LogP contribution in [-0.4, -0.2) is 10.8 Å². The Morgan fingerprint density at radius 2 is 2.00 bits per heavy atom. The molecule has 3 rings (SSSR count). The summed E-state index contributed by atoms with van der Waals surface area (Å²) >= 11 is 0. The van der Waals surface area contributed by atoms with Crippen LogP contribution in [0.4, 0.5) is 11.4 Å². The average Bonchev–Trinajstić information content (AvgIpc) is 2.59. The van der Waals surface area contributed by atoms with E-state index in [1.165, 1.54) is 12.1 Å². The van der Waals surface area contributed by atoms with Gasteiger partial charge in [0.25, 0.3) is 5.69 Å². The minimum atomic E-state index is -0.465. The van der Waals surface area contributed by atoms with Gasteiger partial charge in [0, 0.05) is 24.2 Å². The van der Waals surface area contributed by atoms with E-state index in [1.807, 2.05) is 36.4 Å². The number of benzene rings is 2. The van der Waals surface area contributed by atoms with Crippen molar-refractivity contribution < 1.29 is 9.72 Å². The molecular weight excluding hydrogens is 306 g/mol. The van der Waals surface area contributed by atoms with Gasteiger partial charge in [0.05, 0.1) is 23.5 Å². The Morgan fingerprint density at radius 1 is 1.25 bits per heavy atom. The largest absolute Gasteiger partial charge is 0.307 e. The van der Waals surface area contributed by atoms with Crippen molar-refractivity contribution in [1.29, 1.82) is 5.26 Å². The minimum Gasteiger partial charge on any atom is -0.307 e. The van der Waals surface area contributed by atoms with Gasteiger partial charge in [-0.25, -0.2) is 0 Å². The minimum absolute atomic E-state index is 0.00142. The number of nitrogens with zero attached hydrogens (tertiary/aromatic N) is 3. The van der Waals surface area contributed by atoms with Gasteiger partial charge in [-0.3, -0.25) is 14.9 Å². The fourth-order valence-electron chi connectivity index (χ4n) is 3.00. The molecule has 0 bridgehead atoms. The van der Waals surface area contributed by atoms with Crippen LogP contribution in [0.15, 0.2) is 48.5 Å². The van der Waals surface area contributed by atoms with Gasteiger partial charge in [0.15, 0.2) is 0 Å². The molecule has 1 heterocycles. The summed E-state index contributed by atoms with van der Waals surface area (Å²) in [6.45, 7) is 0.381. The maximum Gasteiger partial charge on any atom is 0.269 e. The van der Waals surface area contributed by atoms with E-state index in [-0.39, 0.29) is 18.0 Å². The molecule has 1 amide bonds. The van der Waals surface area contributed by atoms with Crippen LogP contribution in [0.2, 0.25) is 0 Å². The average molecular weight is 321 g/mol. The first kappa shape index (κ1) is 15.7. The number of hydrogen-bond donors (Lipinski definition) is 0. The summed E-state index contributed by atoms with van der Waals surface area (Å²) in [6, 6.07) is 16.1. The fraction of sp³-hybridized carbons (Fsp3) is 0.222. The molecule has 1 unspecified atom stereocenters. The van der Waals surface area contributed by atoms with Crippen molar-refractivity contribution in [3.8, 4) is 6.07 Å². The molecule has 24 heavy (non-hydrogen) atoms. The van der Waals surface area contributed by atoms with E-state index in [1.54, 1.807) is 11.0 Å². The highest BCUT2D eigenvalue weighted by molar-refractivity contribution is 5.98. The van der Waals surface area contributed by atoms with Crippen molar-refractivity contribution in [3.05, 3.63) is 69.8 Å². The number of nitro groups is 1. The van der Waals surface area contributed by atoms with Crippen LogP contribution in [0.5, 0.6) is 0 Å². The Bertz CT molecular complexity index is 827. The van der Waals surface area contributed by atoms with Gasteiger partial charge in [-0.15, -0.1) is 0 Å². The molecule has 1 aliphatic heterocycles. The summed E-state index contributed by atoms with van der Waals surface area (Å²) in [5.41, 5.74) is 2.38. The topological polar surface area (TPSA) is 87.2 Å². The Hall–Kier alpha value is -3.20. The van der Waals surface area contributed by atoms with Crippen molar-refractivity contribution in [3.63, 3.8) is 0 Å². The van der Waals surface area contributed by atoms with Gasteiger partial charge < -0.3 is 4.90 Å². The molecule has 1 atom stereocenters. The third kappa shape index (κ3) is 2.97. The van der Waals surface area contributed by atoms with E-state index >= 15 is 0 Å². The van der Waals surface area contributed by atoms with Crippen LogP contribution < -0.4 is 4.90 Å². The van der Waals surface area contributed by atoms with E-state index < -0.39 is 10.8 Å². The second-order valence-corrected chi connectivity index (χ2v) is 5.74. The molecule has 0 aromatic heterocycles. The lowest BCUT2D eigenvalue weighted by Gasteiger charge is -2.33. The molecule has 0 spiro atoms. The number of rotatable bonds is 4. The Kier molecular flexibility index (Phi) is 4.25. The smallest absolute Gasteiger partial charge is 0.269 e. The van der Waals surface area contributed by atoms with Gasteiger partial charge in [0.2, 0.25) is 5.91 Å². The highest BCUT2D eigenvalue weighted by atomic mass is 16.6. The molecule has 1 aliphatic rings. The monoisotopic (exact) mass is 321 g/mol. The number of anilines is 1. The van der Waals surface area contributed by atoms with Crippen molar-refractivity contribution >= 4 is 17.3 Å². The lowest BCUT2D eigenvalue weighted by molar-refractivity contribution is -0.384. The van der Waals surface area contributed by atoms with E-state index in [9.17, 15) is 14.9 Å². The highest BCUT2D eigenvalue weighted by Gasteiger charge is 2.33. The Morgan fingerprint density at radius 3 is 2.67 bits per heavy atom. The second-order valence-electron chi connectivity index (χ2n) is 5.74. The summed E-state index contributed by atoms with van der Waals surface area (Å²) in [5.74, 6) is -0.574. The first-order valence-electron chi connectivity index (χ1n) is 7.59. The zero-order valence-electron chi connectivity index (χ0n) is 12.9. The molecule has 0 aliphatic carbocycles. The van der Waals surface area contributed by atoms with Crippen molar-refractivity contribution in [2.45, 2.75) is 19.4 Å². The number of carbonyl (C=O) groups excluding carboxylic acids is 1. The standard InChI is InChI=1S/C18H15N3O3/c19-9-8-14-10-15-11-16(21(23)24)6-7-17(15)20(18(14)22)12-13-4-2-1-3-5-13/h1-7,11,14H,8,10,12H2. The molecule has 2 aromatic rings. The zero-order chi connectivity index (χ0) is 17.1. The second kappa shape index (κ2) is 6.50. The highest BCUT2D eigenvalue weighted by Crippen LogP contribution is 2.35. The first-order chi connectivity index (χ1) is 11.6. The third-order valence-corrected chi connectivity index (χ3v) is 4.17. The van der Waals surface area contributed by atoms with Crippen LogP contribution in [0.3, 0.4) is 0 Å². The van der Waals surface area contributed by atoms with Crippen LogP contribution in [0, 0.1) is 27.4 Å². The van der Waals surface area contributed by atoms with Crippen LogP contribution in [0.25, 0.3) is 0 Å². The van der Waals surface area contributed by atoms with E-state index in [2.05, 4.69) is 0 Å². The van der Waals surface area contributed by atoms with Gasteiger partial charge in [-0.2, -0.15) is 5.26 Å². The number of non-ortho nitro benzene ring substituents is 1. The van der Waals surface area contributed by atoms with Gasteiger partial charge in [-0.1, -0.05) is 30.3 Å². The number of fused-ring (bicyclic) bond motifs is 1. The third-order valence-electron chi connectivity index (χ3n) is 4.17. The van der Waals surface area contributed by atoms with E-state index in [4.69, 9.17) is 5.26 Å². The van der Waals surface area contributed by atoms with Gasteiger partial charge in [0.1, 0.15) is 0 Å². The van der Waals surface area contributed by atoms with Gasteiger partial charge in [-0.05, 0) is 23.6 Å². The summed E-state index contributed by atoms with van der Waals surface area (Å²) in [7, 11) is 0. The number of amides is 1. The molecule has 0 radical (unpaired) electrons. The quantitative estimate of drug-likeness (QED) is 0.639.